The molecule has 0 spiro atoms. The second-order valence-corrected chi connectivity index (χ2v) is 15.3. The number of carbonyl (C=O) groups excluding carboxylic acids is 3. The second kappa shape index (κ2) is 42.4. The molecule has 0 aliphatic rings. The van der Waals surface area contributed by atoms with E-state index in [1.165, 1.54) is 103 Å². The molecule has 9 heteroatoms. The van der Waals surface area contributed by atoms with Gasteiger partial charge < -0.3 is 28.8 Å². The molecule has 54 heavy (non-hydrogen) atoms. The molecule has 9 nitrogen and oxygen atoms in total. The number of aliphatic hydroxyl groups is 1. The lowest BCUT2D eigenvalue weighted by Gasteiger charge is -2.19. The summed E-state index contributed by atoms with van der Waals surface area (Å²) in [7, 11) is 0. The predicted octanol–water partition coefficient (Wildman–Crippen LogP) is 11.7. The number of aliphatic hydroxyl groups excluding tert-OH is 1. The maximum Gasteiger partial charge on any atom is 0.305 e. The van der Waals surface area contributed by atoms with Crippen molar-refractivity contribution in [3.05, 3.63) is 0 Å². The molecular weight excluding hydrogens is 684 g/mol. The molecule has 0 heterocycles. The Morgan fingerprint density at radius 3 is 1.15 bits per heavy atom. The molecule has 320 valence electrons. The van der Waals surface area contributed by atoms with Crippen LogP contribution in [0.2, 0.25) is 0 Å². The zero-order valence-corrected chi connectivity index (χ0v) is 35.5. The van der Waals surface area contributed by atoms with Gasteiger partial charge in [-0.05, 0) is 32.1 Å². The van der Waals surface area contributed by atoms with Crippen molar-refractivity contribution in [3.63, 3.8) is 0 Å². The summed E-state index contributed by atoms with van der Waals surface area (Å²) in [6.45, 7) is 8.22. The van der Waals surface area contributed by atoms with Crippen molar-refractivity contribution in [1.82, 2.24) is 0 Å². The van der Waals surface area contributed by atoms with Gasteiger partial charge in [0.2, 0.25) is 0 Å². The minimum Gasteiger partial charge on any atom is -0.466 e. The van der Waals surface area contributed by atoms with E-state index >= 15 is 0 Å². The fourth-order valence-corrected chi connectivity index (χ4v) is 6.28. The van der Waals surface area contributed by atoms with Crippen LogP contribution >= 0.6 is 0 Å². The first-order valence-electron chi connectivity index (χ1n) is 22.8. The Morgan fingerprint density at radius 2 is 0.741 bits per heavy atom. The molecule has 0 aromatic heterocycles. The van der Waals surface area contributed by atoms with Crippen LogP contribution in [-0.2, 0) is 38.1 Å². The summed E-state index contributed by atoms with van der Waals surface area (Å²) < 4.78 is 28.2. The molecule has 1 unspecified atom stereocenters. The fraction of sp³-hybridized carbons (Fsp3) is 0.933. The average molecular weight is 771 g/mol. The number of esters is 3. The van der Waals surface area contributed by atoms with Crippen LogP contribution < -0.4 is 0 Å². The summed E-state index contributed by atoms with van der Waals surface area (Å²) in [5.74, 6) is -1.27. The van der Waals surface area contributed by atoms with Crippen molar-refractivity contribution in [2.75, 3.05) is 39.6 Å². The summed E-state index contributed by atoms with van der Waals surface area (Å²) in [4.78, 5) is 36.8. The minimum absolute atomic E-state index is 0.00733. The van der Waals surface area contributed by atoms with E-state index in [-0.39, 0.29) is 44.1 Å². The lowest BCUT2D eigenvalue weighted by atomic mass is 10.1. The van der Waals surface area contributed by atoms with Crippen LogP contribution in [0.3, 0.4) is 0 Å². The zero-order chi connectivity index (χ0) is 39.6. The number of rotatable bonds is 43. The minimum atomic E-state index is -0.467. The van der Waals surface area contributed by atoms with Crippen LogP contribution in [0, 0.1) is 5.92 Å². The van der Waals surface area contributed by atoms with Gasteiger partial charge in [-0.3, -0.25) is 14.4 Å². The zero-order valence-electron chi connectivity index (χ0n) is 35.5. The van der Waals surface area contributed by atoms with E-state index in [0.29, 0.717) is 45.5 Å². The van der Waals surface area contributed by atoms with E-state index in [4.69, 9.17) is 23.7 Å². The number of unbranched alkanes of at least 4 members (excludes halogenated alkanes) is 23. The van der Waals surface area contributed by atoms with Crippen LogP contribution in [0.25, 0.3) is 0 Å². The van der Waals surface area contributed by atoms with Gasteiger partial charge in [0, 0.05) is 32.5 Å². The summed E-state index contributed by atoms with van der Waals surface area (Å²) in [6, 6.07) is 0. The molecule has 0 saturated heterocycles. The molecule has 1 N–H and O–H groups in total. The predicted molar refractivity (Wildman–Crippen MR) is 219 cm³/mol. The van der Waals surface area contributed by atoms with E-state index in [1.807, 2.05) is 0 Å². The largest absolute Gasteiger partial charge is 0.466 e. The Bertz CT molecular complexity index is 801. The highest BCUT2D eigenvalue weighted by Gasteiger charge is 2.17. The summed E-state index contributed by atoms with van der Waals surface area (Å²) >= 11 is 0. The van der Waals surface area contributed by atoms with Crippen molar-refractivity contribution < 1.29 is 43.2 Å². The number of carbonyl (C=O) groups is 3. The Kier molecular flexibility index (Phi) is 41.1. The summed E-state index contributed by atoms with van der Waals surface area (Å²) in [5, 5.41) is 9.77. The maximum atomic E-state index is 12.6. The van der Waals surface area contributed by atoms with Crippen LogP contribution in [0.5, 0.6) is 0 Å². The van der Waals surface area contributed by atoms with Crippen LogP contribution in [0.4, 0.5) is 0 Å². The lowest BCUT2D eigenvalue weighted by molar-refractivity contribution is -0.161. The van der Waals surface area contributed by atoms with Crippen molar-refractivity contribution in [3.8, 4) is 0 Å². The Morgan fingerprint density at radius 1 is 0.407 bits per heavy atom. The van der Waals surface area contributed by atoms with Crippen molar-refractivity contribution in [1.29, 1.82) is 0 Å². The smallest absolute Gasteiger partial charge is 0.305 e. The molecule has 0 aliphatic heterocycles. The number of ether oxygens (including phenoxy) is 5. The highest BCUT2D eigenvalue weighted by molar-refractivity contribution is 5.70. The Hall–Kier alpha value is -1.71. The highest BCUT2D eigenvalue weighted by Crippen LogP contribution is 2.14. The molecule has 0 aliphatic carbocycles. The van der Waals surface area contributed by atoms with Crippen molar-refractivity contribution >= 4 is 17.9 Å². The first kappa shape index (κ1) is 52.3. The monoisotopic (exact) mass is 771 g/mol. The van der Waals surface area contributed by atoms with E-state index in [9.17, 15) is 19.5 Å². The molecule has 0 amide bonds. The van der Waals surface area contributed by atoms with Gasteiger partial charge in [0.1, 0.15) is 0 Å². The average Bonchev–Trinajstić information content (AvgIpc) is 3.17. The van der Waals surface area contributed by atoms with Crippen molar-refractivity contribution in [2.45, 2.75) is 226 Å². The van der Waals surface area contributed by atoms with Gasteiger partial charge in [-0.25, -0.2) is 0 Å². The fourth-order valence-electron chi connectivity index (χ4n) is 6.28. The third kappa shape index (κ3) is 38.6. The van der Waals surface area contributed by atoms with Gasteiger partial charge in [0.25, 0.3) is 0 Å². The Balaban J connectivity index is 4.10. The first-order chi connectivity index (χ1) is 26.5. The lowest BCUT2D eigenvalue weighted by Crippen LogP contribution is -2.25. The molecule has 0 radical (unpaired) electrons. The SMILES string of the molecule is CCCCCCCCCCOC(=O)CCCCCCCC(=O)OCC(CO)COC(=O)CCC(OCCCCCCCCC)OCCCCCCCCC. The maximum absolute atomic E-state index is 12.6. The van der Waals surface area contributed by atoms with Crippen LogP contribution in [0.1, 0.15) is 220 Å². The quantitative estimate of drug-likeness (QED) is 0.0280. The normalized spacial score (nSPS) is 11.9. The van der Waals surface area contributed by atoms with E-state index < -0.39 is 12.2 Å². The summed E-state index contributed by atoms with van der Waals surface area (Å²) in [6.07, 6.45) is 31.9. The van der Waals surface area contributed by atoms with Gasteiger partial charge in [-0.1, -0.05) is 162 Å². The number of hydrogen-bond donors (Lipinski definition) is 1. The van der Waals surface area contributed by atoms with Crippen LogP contribution in [0.15, 0.2) is 0 Å². The standard InChI is InChI=1S/C45H86O9/c1-4-7-10-13-16-19-23-28-35-50-42(47)31-26-21-20-22-27-32-43(48)53-39-41(38-46)40-54-44(49)33-34-45(51-36-29-24-17-14-11-8-5-2)52-37-30-25-18-15-12-9-6-3/h41,45-46H,4-40H2,1-3H3. The first-order valence-corrected chi connectivity index (χ1v) is 22.8. The topological polar surface area (TPSA) is 118 Å². The molecule has 0 rings (SSSR count). The van der Waals surface area contributed by atoms with Crippen molar-refractivity contribution in [2.24, 2.45) is 5.92 Å². The second-order valence-electron chi connectivity index (χ2n) is 15.3. The molecule has 0 aromatic carbocycles. The molecule has 0 bridgehead atoms. The molecule has 0 fully saturated rings. The van der Waals surface area contributed by atoms with Gasteiger partial charge in [0.15, 0.2) is 6.29 Å². The molecule has 0 aromatic rings. The van der Waals surface area contributed by atoms with E-state index in [0.717, 1.165) is 64.2 Å². The third-order valence-electron chi connectivity index (χ3n) is 9.93. The highest BCUT2D eigenvalue weighted by atomic mass is 16.7. The molecular formula is C45H86O9. The summed E-state index contributed by atoms with van der Waals surface area (Å²) in [5.41, 5.74) is 0. The Labute approximate surface area is 332 Å². The van der Waals surface area contributed by atoms with Gasteiger partial charge in [-0.2, -0.15) is 0 Å². The molecule has 1 atom stereocenters. The van der Waals surface area contributed by atoms with Gasteiger partial charge in [-0.15, -0.1) is 0 Å². The number of hydrogen-bond acceptors (Lipinski definition) is 9. The van der Waals surface area contributed by atoms with Gasteiger partial charge >= 0.3 is 17.9 Å². The van der Waals surface area contributed by atoms with E-state index in [2.05, 4.69) is 20.8 Å². The van der Waals surface area contributed by atoms with Crippen LogP contribution in [-0.4, -0.2) is 68.9 Å². The molecule has 0 saturated carbocycles. The van der Waals surface area contributed by atoms with E-state index in [1.54, 1.807) is 0 Å². The van der Waals surface area contributed by atoms with Gasteiger partial charge in [0.05, 0.1) is 38.8 Å². The third-order valence-corrected chi connectivity index (χ3v) is 9.93.